The van der Waals surface area contributed by atoms with Gasteiger partial charge in [-0.1, -0.05) is 6.07 Å². The number of nitriles is 1. The van der Waals surface area contributed by atoms with Crippen LogP contribution in [0.4, 0.5) is 5.69 Å². The molecular weight excluding hydrogens is 364 g/mol. The molecule has 5 heteroatoms. The van der Waals surface area contributed by atoms with Gasteiger partial charge in [-0.3, -0.25) is 0 Å². The van der Waals surface area contributed by atoms with Gasteiger partial charge in [0.2, 0.25) is 0 Å². The maximum atomic E-state index is 8.87. The number of anilines is 1. The highest BCUT2D eigenvalue weighted by Crippen LogP contribution is 2.30. The van der Waals surface area contributed by atoms with Gasteiger partial charge in [0.15, 0.2) is 0 Å². The number of halogens is 1. The van der Waals surface area contributed by atoms with Gasteiger partial charge < -0.3 is 5.32 Å². The van der Waals surface area contributed by atoms with Crippen molar-refractivity contribution in [2.24, 2.45) is 0 Å². The first kappa shape index (κ1) is 14.3. The lowest BCUT2D eigenvalue weighted by molar-refractivity contribution is 1.19. The van der Waals surface area contributed by atoms with E-state index in [4.69, 9.17) is 5.26 Å². The normalized spacial score (nSPS) is 10.3. The lowest BCUT2D eigenvalue weighted by atomic mass is 10.2. The smallest absolute Gasteiger partial charge is 0.0992 e. The monoisotopic (exact) mass is 374 g/mol. The molecule has 0 aliphatic carbocycles. The summed E-state index contributed by atoms with van der Waals surface area (Å²) >= 11 is 7.01. The summed E-state index contributed by atoms with van der Waals surface area (Å²) in [6.07, 6.45) is 0. The highest BCUT2D eigenvalue weighted by atomic mass is 79.9. The molecule has 1 aromatic carbocycles. The maximum absolute atomic E-state index is 8.87. The van der Waals surface area contributed by atoms with E-state index >= 15 is 0 Å². The van der Waals surface area contributed by atoms with Gasteiger partial charge in [-0.2, -0.15) is 5.26 Å². The summed E-state index contributed by atoms with van der Waals surface area (Å²) in [7, 11) is 0. The number of hydrogen-bond acceptors (Lipinski definition) is 4. The van der Waals surface area contributed by atoms with Crippen LogP contribution in [0.1, 0.15) is 10.4 Å². The predicted molar refractivity (Wildman–Crippen MR) is 93.8 cm³/mol. The second-order valence-corrected chi connectivity index (χ2v) is 7.24. The van der Waals surface area contributed by atoms with Crippen molar-refractivity contribution in [2.75, 3.05) is 5.32 Å². The number of rotatable bonds is 4. The summed E-state index contributed by atoms with van der Waals surface area (Å²) in [5.41, 5.74) is 2.94. The van der Waals surface area contributed by atoms with Crippen LogP contribution < -0.4 is 5.32 Å². The number of nitrogens with zero attached hydrogens (tertiary/aromatic N) is 1. The average Bonchev–Trinajstić information content (AvgIpc) is 3.16. The van der Waals surface area contributed by atoms with E-state index in [1.165, 1.54) is 15.3 Å². The lowest BCUT2D eigenvalue weighted by Crippen LogP contribution is -1.98. The van der Waals surface area contributed by atoms with E-state index in [0.717, 1.165) is 16.7 Å². The molecule has 0 spiro atoms. The molecule has 0 saturated heterocycles. The van der Waals surface area contributed by atoms with Gasteiger partial charge in [0, 0.05) is 32.0 Å². The van der Waals surface area contributed by atoms with Gasteiger partial charge in [0.25, 0.3) is 0 Å². The Morgan fingerprint density at radius 1 is 1.19 bits per heavy atom. The molecule has 2 nitrogen and oxygen atoms in total. The second-order valence-electron chi connectivity index (χ2n) is 4.44. The molecule has 3 aromatic rings. The molecule has 0 amide bonds. The van der Waals surface area contributed by atoms with Crippen molar-refractivity contribution < 1.29 is 0 Å². The fourth-order valence-electron chi connectivity index (χ4n) is 1.96. The van der Waals surface area contributed by atoms with E-state index in [0.29, 0.717) is 5.56 Å². The summed E-state index contributed by atoms with van der Waals surface area (Å²) < 4.78 is 0.914. The third kappa shape index (κ3) is 3.35. The molecule has 0 bridgehead atoms. The summed E-state index contributed by atoms with van der Waals surface area (Å²) in [5, 5.41) is 16.5. The second kappa shape index (κ2) is 6.44. The standard InChI is InChI=1S/C16H11BrN2S2/c17-14-6-11(8-18)3-4-15(14)19-9-13-7-12(10-21-13)16-2-1-5-20-16/h1-7,10,19H,9H2. The van der Waals surface area contributed by atoms with Gasteiger partial charge in [-0.25, -0.2) is 0 Å². The average molecular weight is 375 g/mol. The highest BCUT2D eigenvalue weighted by Gasteiger charge is 2.05. The van der Waals surface area contributed by atoms with Crippen molar-refractivity contribution in [2.45, 2.75) is 6.54 Å². The minimum atomic E-state index is 0.656. The minimum absolute atomic E-state index is 0.656. The Morgan fingerprint density at radius 3 is 2.81 bits per heavy atom. The SMILES string of the molecule is N#Cc1ccc(NCc2cc(-c3cccs3)cs2)c(Br)c1. The van der Waals surface area contributed by atoms with Gasteiger partial charge in [0.1, 0.15) is 0 Å². The fraction of sp³-hybridized carbons (Fsp3) is 0.0625. The number of nitrogens with one attached hydrogen (secondary N) is 1. The Hall–Kier alpha value is -1.61. The van der Waals surface area contributed by atoms with E-state index in [1.807, 2.05) is 18.2 Å². The summed E-state index contributed by atoms with van der Waals surface area (Å²) in [5.74, 6) is 0. The van der Waals surface area contributed by atoms with Crippen molar-refractivity contribution in [3.8, 4) is 16.5 Å². The molecule has 0 fully saturated rings. The van der Waals surface area contributed by atoms with Crippen molar-refractivity contribution in [1.29, 1.82) is 5.26 Å². The largest absolute Gasteiger partial charge is 0.379 e. The van der Waals surface area contributed by atoms with Crippen LogP contribution in [0.3, 0.4) is 0 Å². The van der Waals surface area contributed by atoms with Crippen LogP contribution in [0.2, 0.25) is 0 Å². The molecular formula is C16H11BrN2S2. The van der Waals surface area contributed by atoms with Crippen molar-refractivity contribution in [1.82, 2.24) is 0 Å². The molecule has 0 atom stereocenters. The molecule has 3 rings (SSSR count). The molecule has 0 aliphatic heterocycles. The highest BCUT2D eigenvalue weighted by molar-refractivity contribution is 9.10. The van der Waals surface area contributed by atoms with Crippen molar-refractivity contribution in [3.63, 3.8) is 0 Å². The third-order valence-corrected chi connectivity index (χ3v) is 5.52. The third-order valence-electron chi connectivity index (χ3n) is 3.01. The van der Waals surface area contributed by atoms with Gasteiger partial charge >= 0.3 is 0 Å². The topological polar surface area (TPSA) is 35.8 Å². The van der Waals surface area contributed by atoms with E-state index in [-0.39, 0.29) is 0 Å². The zero-order valence-corrected chi connectivity index (χ0v) is 14.2. The first-order valence-electron chi connectivity index (χ1n) is 6.31. The molecule has 21 heavy (non-hydrogen) atoms. The lowest BCUT2D eigenvalue weighted by Gasteiger charge is -2.07. The zero-order valence-electron chi connectivity index (χ0n) is 11.0. The zero-order chi connectivity index (χ0) is 14.7. The Kier molecular flexibility index (Phi) is 4.39. The van der Waals surface area contributed by atoms with Gasteiger partial charge in [-0.15, -0.1) is 22.7 Å². The van der Waals surface area contributed by atoms with E-state index in [9.17, 15) is 0 Å². The summed E-state index contributed by atoms with van der Waals surface area (Å²) in [6.45, 7) is 0.778. The van der Waals surface area contributed by atoms with Crippen LogP contribution >= 0.6 is 38.6 Å². The molecule has 0 unspecified atom stereocenters. The van der Waals surface area contributed by atoms with Crippen LogP contribution in [0.15, 0.2) is 51.6 Å². The van der Waals surface area contributed by atoms with Crippen LogP contribution in [-0.4, -0.2) is 0 Å². The van der Waals surface area contributed by atoms with Crippen LogP contribution in [0, 0.1) is 11.3 Å². The summed E-state index contributed by atoms with van der Waals surface area (Å²) in [6, 6.07) is 14.1. The van der Waals surface area contributed by atoms with Crippen LogP contribution in [0.25, 0.3) is 10.4 Å². The first-order chi connectivity index (χ1) is 10.3. The fourth-order valence-corrected chi connectivity index (χ4v) is 4.09. The molecule has 2 heterocycles. The number of hydrogen-bond donors (Lipinski definition) is 1. The number of thiophene rings is 2. The summed E-state index contributed by atoms with van der Waals surface area (Å²) in [4.78, 5) is 2.59. The number of benzene rings is 1. The van der Waals surface area contributed by atoms with E-state index in [2.05, 4.69) is 56.3 Å². The predicted octanol–water partition coefficient (Wildman–Crippen LogP) is 5.72. The molecule has 104 valence electrons. The van der Waals surface area contributed by atoms with Gasteiger partial charge in [0.05, 0.1) is 11.6 Å². The minimum Gasteiger partial charge on any atom is -0.379 e. The molecule has 1 N–H and O–H groups in total. The van der Waals surface area contributed by atoms with Crippen molar-refractivity contribution >= 4 is 44.3 Å². The quantitative estimate of drug-likeness (QED) is 0.633. The molecule has 0 radical (unpaired) electrons. The van der Waals surface area contributed by atoms with E-state index in [1.54, 1.807) is 22.7 Å². The Balaban J connectivity index is 1.70. The molecule has 0 aliphatic rings. The Bertz CT molecular complexity index is 785. The van der Waals surface area contributed by atoms with E-state index < -0.39 is 0 Å². The van der Waals surface area contributed by atoms with Gasteiger partial charge in [-0.05, 0) is 57.0 Å². The molecule has 2 aromatic heterocycles. The van der Waals surface area contributed by atoms with Crippen molar-refractivity contribution in [3.05, 3.63) is 62.1 Å². The van der Waals surface area contributed by atoms with Crippen LogP contribution in [-0.2, 0) is 6.54 Å². The molecule has 0 saturated carbocycles. The first-order valence-corrected chi connectivity index (χ1v) is 8.86. The Morgan fingerprint density at radius 2 is 2.10 bits per heavy atom. The maximum Gasteiger partial charge on any atom is 0.0992 e. The Labute approximate surface area is 139 Å². The van der Waals surface area contributed by atoms with Crippen LogP contribution in [0.5, 0.6) is 0 Å².